The van der Waals surface area contributed by atoms with Crippen LogP contribution in [-0.2, 0) is 16.1 Å². The number of ether oxygens (including phenoxy) is 1. The summed E-state index contributed by atoms with van der Waals surface area (Å²) in [5.41, 5.74) is 0.963. The zero-order valence-electron chi connectivity index (χ0n) is 12.1. The topological polar surface area (TPSA) is 46.6 Å². The van der Waals surface area contributed by atoms with Crippen molar-refractivity contribution in [2.45, 2.75) is 20.0 Å². The lowest BCUT2D eigenvalue weighted by molar-refractivity contribution is -0.120. The SMILES string of the molecule is CC[C@@H]1CN(C(=O)OCc2ccccc2)CC1C(=O)CBr. The Hall–Kier alpha value is -1.36. The maximum Gasteiger partial charge on any atom is 0.410 e. The summed E-state index contributed by atoms with van der Waals surface area (Å²) in [6.07, 6.45) is 0.563. The molecule has 2 rings (SSSR count). The van der Waals surface area contributed by atoms with E-state index < -0.39 is 0 Å². The van der Waals surface area contributed by atoms with Crippen LogP contribution in [0.3, 0.4) is 0 Å². The van der Waals surface area contributed by atoms with Crippen LogP contribution in [0.5, 0.6) is 0 Å². The zero-order chi connectivity index (χ0) is 15.2. The van der Waals surface area contributed by atoms with Crippen molar-refractivity contribution in [1.82, 2.24) is 4.90 Å². The number of amides is 1. The molecule has 1 fully saturated rings. The number of hydrogen-bond donors (Lipinski definition) is 0. The molecule has 1 saturated heterocycles. The maximum atomic E-state index is 12.1. The quantitative estimate of drug-likeness (QED) is 0.763. The van der Waals surface area contributed by atoms with Crippen molar-refractivity contribution < 1.29 is 14.3 Å². The second-order valence-corrected chi connectivity index (χ2v) is 5.88. The lowest BCUT2D eigenvalue weighted by atomic mass is 9.91. The molecule has 0 saturated carbocycles. The number of likely N-dealkylation sites (tertiary alicyclic amines) is 1. The van der Waals surface area contributed by atoms with Gasteiger partial charge in [-0.15, -0.1) is 0 Å². The molecule has 1 heterocycles. The predicted octanol–water partition coefficient (Wildman–Crippen LogP) is 3.25. The fourth-order valence-corrected chi connectivity index (χ4v) is 3.12. The van der Waals surface area contributed by atoms with Gasteiger partial charge in [-0.05, 0) is 11.5 Å². The fourth-order valence-electron chi connectivity index (χ4n) is 2.71. The van der Waals surface area contributed by atoms with Gasteiger partial charge in [0.15, 0.2) is 0 Å². The van der Waals surface area contributed by atoms with Crippen LogP contribution in [0.25, 0.3) is 0 Å². The first-order chi connectivity index (χ1) is 10.2. The summed E-state index contributed by atoms with van der Waals surface area (Å²) in [6.45, 7) is 3.39. The van der Waals surface area contributed by atoms with E-state index in [2.05, 4.69) is 22.9 Å². The second kappa shape index (κ2) is 7.59. The number of carbonyl (C=O) groups is 2. The van der Waals surface area contributed by atoms with E-state index in [4.69, 9.17) is 4.74 Å². The summed E-state index contributed by atoms with van der Waals surface area (Å²) in [5.74, 6) is 0.332. The normalized spacial score (nSPS) is 21.3. The van der Waals surface area contributed by atoms with Gasteiger partial charge in [-0.2, -0.15) is 0 Å². The Balaban J connectivity index is 1.90. The van der Waals surface area contributed by atoms with Gasteiger partial charge in [0.05, 0.1) is 5.33 Å². The highest BCUT2D eigenvalue weighted by Gasteiger charge is 2.38. The number of rotatable bonds is 5. The molecule has 1 unspecified atom stereocenters. The molecule has 2 atom stereocenters. The van der Waals surface area contributed by atoms with Gasteiger partial charge in [0.1, 0.15) is 12.4 Å². The summed E-state index contributed by atoms with van der Waals surface area (Å²) in [6, 6.07) is 9.59. The minimum Gasteiger partial charge on any atom is -0.445 e. The van der Waals surface area contributed by atoms with Crippen LogP contribution in [0.2, 0.25) is 0 Å². The lowest BCUT2D eigenvalue weighted by Gasteiger charge is -2.16. The van der Waals surface area contributed by atoms with Crippen LogP contribution < -0.4 is 0 Å². The smallest absolute Gasteiger partial charge is 0.410 e. The van der Waals surface area contributed by atoms with Gasteiger partial charge in [-0.25, -0.2) is 4.79 Å². The molecule has 0 aliphatic carbocycles. The third-order valence-corrected chi connectivity index (χ3v) is 4.53. The molecule has 1 aliphatic heterocycles. The lowest BCUT2D eigenvalue weighted by Crippen LogP contribution is -2.30. The van der Waals surface area contributed by atoms with E-state index in [0.717, 1.165) is 12.0 Å². The molecule has 1 aromatic rings. The molecular weight excluding hydrogens is 334 g/mol. The summed E-state index contributed by atoms with van der Waals surface area (Å²) in [5, 5.41) is 0.348. The second-order valence-electron chi connectivity index (χ2n) is 5.32. The summed E-state index contributed by atoms with van der Waals surface area (Å²) in [7, 11) is 0. The summed E-state index contributed by atoms with van der Waals surface area (Å²) in [4.78, 5) is 25.7. The van der Waals surface area contributed by atoms with Crippen molar-refractivity contribution in [3.05, 3.63) is 35.9 Å². The molecule has 0 N–H and O–H groups in total. The van der Waals surface area contributed by atoms with Crippen LogP contribution in [0.4, 0.5) is 4.79 Å². The van der Waals surface area contributed by atoms with Gasteiger partial charge < -0.3 is 9.64 Å². The first kappa shape index (κ1) is 16.0. The van der Waals surface area contributed by atoms with E-state index in [1.54, 1.807) is 4.90 Å². The van der Waals surface area contributed by atoms with Gasteiger partial charge >= 0.3 is 6.09 Å². The number of nitrogens with zero attached hydrogens (tertiary/aromatic N) is 1. The number of carbonyl (C=O) groups excluding carboxylic acids is 2. The number of benzene rings is 1. The number of hydrogen-bond acceptors (Lipinski definition) is 3. The molecule has 4 nitrogen and oxygen atoms in total. The van der Waals surface area contributed by atoms with Crippen molar-refractivity contribution >= 4 is 27.8 Å². The molecule has 0 aromatic heterocycles. The third kappa shape index (κ3) is 4.06. The van der Waals surface area contributed by atoms with Gasteiger partial charge in [-0.1, -0.05) is 59.6 Å². The van der Waals surface area contributed by atoms with Crippen molar-refractivity contribution in [3.63, 3.8) is 0 Å². The molecule has 0 spiro atoms. The highest BCUT2D eigenvalue weighted by molar-refractivity contribution is 9.09. The third-order valence-electron chi connectivity index (χ3n) is 3.97. The average Bonchev–Trinajstić information content (AvgIpc) is 2.97. The van der Waals surface area contributed by atoms with E-state index in [1.807, 2.05) is 30.3 Å². The summed E-state index contributed by atoms with van der Waals surface area (Å²) < 4.78 is 5.33. The first-order valence-electron chi connectivity index (χ1n) is 7.20. The maximum absolute atomic E-state index is 12.1. The van der Waals surface area contributed by atoms with E-state index in [-0.39, 0.29) is 30.3 Å². The van der Waals surface area contributed by atoms with Crippen LogP contribution in [0.1, 0.15) is 18.9 Å². The van der Waals surface area contributed by atoms with Crippen molar-refractivity contribution in [3.8, 4) is 0 Å². The average molecular weight is 354 g/mol. The minimum atomic E-state index is -0.331. The largest absolute Gasteiger partial charge is 0.445 e. The van der Waals surface area contributed by atoms with Gasteiger partial charge in [-0.3, -0.25) is 4.79 Å². The fraction of sp³-hybridized carbons (Fsp3) is 0.500. The molecule has 21 heavy (non-hydrogen) atoms. The van der Waals surface area contributed by atoms with E-state index in [9.17, 15) is 9.59 Å². The Morgan fingerprint density at radius 2 is 2.00 bits per heavy atom. The van der Waals surface area contributed by atoms with Gasteiger partial charge in [0.25, 0.3) is 0 Å². The molecule has 1 amide bonds. The number of alkyl halides is 1. The highest BCUT2D eigenvalue weighted by Crippen LogP contribution is 2.28. The van der Waals surface area contributed by atoms with Crippen LogP contribution in [-0.4, -0.2) is 35.2 Å². The van der Waals surface area contributed by atoms with Crippen LogP contribution >= 0.6 is 15.9 Å². The van der Waals surface area contributed by atoms with Gasteiger partial charge in [0, 0.05) is 19.0 Å². The summed E-state index contributed by atoms with van der Waals surface area (Å²) >= 11 is 3.22. The van der Waals surface area contributed by atoms with Crippen LogP contribution in [0.15, 0.2) is 30.3 Å². The number of halogens is 1. The zero-order valence-corrected chi connectivity index (χ0v) is 13.7. The van der Waals surface area contributed by atoms with Crippen LogP contribution in [0, 0.1) is 11.8 Å². The van der Waals surface area contributed by atoms with Crippen molar-refractivity contribution in [2.24, 2.45) is 11.8 Å². The Kier molecular flexibility index (Phi) is 5.79. The molecule has 1 aliphatic rings. The molecule has 0 bridgehead atoms. The van der Waals surface area contributed by atoms with Gasteiger partial charge in [0.2, 0.25) is 0 Å². The van der Waals surface area contributed by atoms with Crippen molar-refractivity contribution in [1.29, 1.82) is 0 Å². The Bertz CT molecular complexity index is 492. The van der Waals surface area contributed by atoms with E-state index in [1.165, 1.54) is 0 Å². The Morgan fingerprint density at radius 3 is 2.62 bits per heavy atom. The van der Waals surface area contributed by atoms with Crippen molar-refractivity contribution in [2.75, 3.05) is 18.4 Å². The Labute approximate surface area is 133 Å². The first-order valence-corrected chi connectivity index (χ1v) is 8.32. The predicted molar refractivity (Wildman–Crippen MR) is 84.3 cm³/mol. The van der Waals surface area contributed by atoms with E-state index >= 15 is 0 Å². The number of Topliss-reactive ketones (excluding diaryl/α,β-unsaturated/α-hetero) is 1. The molecule has 1 aromatic carbocycles. The standard InChI is InChI=1S/C16H20BrNO3/c1-2-13-9-18(10-14(13)15(19)8-17)16(20)21-11-12-6-4-3-5-7-12/h3-7,13-14H,2,8-11H2,1H3/t13-,14?/m1/s1. The highest BCUT2D eigenvalue weighted by atomic mass is 79.9. The molecular formula is C16H20BrNO3. The minimum absolute atomic E-state index is 0.0707. The Morgan fingerprint density at radius 1 is 1.29 bits per heavy atom. The molecule has 0 radical (unpaired) electrons. The molecule has 5 heteroatoms. The van der Waals surface area contributed by atoms with E-state index in [0.29, 0.717) is 18.4 Å². The monoisotopic (exact) mass is 353 g/mol. The number of ketones is 1. The molecule has 114 valence electrons.